The van der Waals surface area contributed by atoms with Crippen molar-refractivity contribution in [3.05, 3.63) is 35.0 Å². The van der Waals surface area contributed by atoms with Crippen molar-refractivity contribution in [3.8, 4) is 17.1 Å². The Kier molecular flexibility index (Phi) is 5.79. The first-order valence-corrected chi connectivity index (χ1v) is 9.04. The number of methoxy groups -OCH3 is 1. The van der Waals surface area contributed by atoms with Gasteiger partial charge in [-0.25, -0.2) is 4.98 Å². The number of rotatable bonds is 7. The summed E-state index contributed by atoms with van der Waals surface area (Å²) >= 11 is 7.40. The van der Waals surface area contributed by atoms with E-state index in [0.717, 1.165) is 5.56 Å². The van der Waals surface area contributed by atoms with E-state index in [2.05, 4.69) is 25.7 Å². The normalized spacial score (nSPS) is 10.7. The molecule has 0 bridgehead atoms. The molecule has 10 heteroatoms. The number of nitrogens with zero attached hydrogens (tertiary/aromatic N) is 3. The van der Waals surface area contributed by atoms with Gasteiger partial charge in [-0.3, -0.25) is 9.89 Å². The number of benzene rings is 1. The molecule has 136 valence electrons. The molecule has 0 aliphatic heterocycles. The van der Waals surface area contributed by atoms with E-state index in [0.29, 0.717) is 45.5 Å². The second-order valence-electron chi connectivity index (χ2n) is 5.28. The second kappa shape index (κ2) is 8.24. The van der Waals surface area contributed by atoms with Crippen LogP contribution >= 0.6 is 23.4 Å². The number of amides is 1. The SMILES string of the molecule is COc1ccc(Cl)cc1-c1nc(SCCC(=O)Nc2cc(C)on2)n[nH]1. The van der Waals surface area contributed by atoms with Crippen LogP contribution in [0.15, 0.2) is 33.9 Å². The summed E-state index contributed by atoms with van der Waals surface area (Å²) in [6.45, 7) is 1.76. The van der Waals surface area contributed by atoms with Gasteiger partial charge in [0.05, 0.1) is 12.7 Å². The van der Waals surface area contributed by atoms with Gasteiger partial charge >= 0.3 is 0 Å². The molecule has 0 saturated carbocycles. The average molecular weight is 394 g/mol. The molecule has 0 unspecified atom stereocenters. The Morgan fingerprint density at radius 1 is 1.42 bits per heavy atom. The third-order valence-electron chi connectivity index (χ3n) is 3.34. The molecule has 0 aliphatic rings. The Morgan fingerprint density at radius 3 is 3.00 bits per heavy atom. The first kappa shape index (κ1) is 18.3. The van der Waals surface area contributed by atoms with Crippen LogP contribution in [0.3, 0.4) is 0 Å². The Balaban J connectivity index is 1.56. The van der Waals surface area contributed by atoms with Gasteiger partial charge in [-0.1, -0.05) is 28.5 Å². The van der Waals surface area contributed by atoms with Gasteiger partial charge in [0, 0.05) is 23.3 Å². The summed E-state index contributed by atoms with van der Waals surface area (Å²) < 4.78 is 10.2. The van der Waals surface area contributed by atoms with Gasteiger partial charge in [-0.05, 0) is 25.1 Å². The van der Waals surface area contributed by atoms with Crippen LogP contribution in [-0.2, 0) is 4.79 Å². The van der Waals surface area contributed by atoms with Crippen LogP contribution in [0.1, 0.15) is 12.2 Å². The van der Waals surface area contributed by atoms with Gasteiger partial charge in [0.2, 0.25) is 11.1 Å². The van der Waals surface area contributed by atoms with Crippen LogP contribution in [0, 0.1) is 6.92 Å². The van der Waals surface area contributed by atoms with Crippen molar-refractivity contribution < 1.29 is 14.1 Å². The molecule has 2 heterocycles. The quantitative estimate of drug-likeness (QED) is 0.591. The fraction of sp³-hybridized carbons (Fsp3) is 0.250. The highest BCUT2D eigenvalue weighted by molar-refractivity contribution is 7.99. The number of aromatic nitrogens is 4. The van der Waals surface area contributed by atoms with Crippen LogP contribution in [0.5, 0.6) is 5.75 Å². The molecule has 2 N–H and O–H groups in total. The lowest BCUT2D eigenvalue weighted by atomic mass is 10.2. The number of aromatic amines is 1. The van der Waals surface area contributed by atoms with Crippen LogP contribution in [0.4, 0.5) is 5.82 Å². The zero-order chi connectivity index (χ0) is 18.5. The molecule has 0 radical (unpaired) electrons. The van der Waals surface area contributed by atoms with Gasteiger partial charge in [0.15, 0.2) is 11.6 Å². The van der Waals surface area contributed by atoms with Crippen molar-refractivity contribution in [2.75, 3.05) is 18.2 Å². The zero-order valence-electron chi connectivity index (χ0n) is 14.1. The van der Waals surface area contributed by atoms with E-state index in [1.54, 1.807) is 38.3 Å². The van der Waals surface area contributed by atoms with Crippen LogP contribution in [0.2, 0.25) is 5.02 Å². The number of carbonyl (C=O) groups is 1. The second-order valence-corrected chi connectivity index (χ2v) is 6.78. The lowest BCUT2D eigenvalue weighted by Gasteiger charge is -2.05. The molecule has 0 aliphatic carbocycles. The first-order chi connectivity index (χ1) is 12.5. The van der Waals surface area contributed by atoms with Crippen LogP contribution in [-0.4, -0.2) is 39.1 Å². The van der Waals surface area contributed by atoms with E-state index in [-0.39, 0.29) is 5.91 Å². The number of hydrogen-bond acceptors (Lipinski definition) is 7. The van der Waals surface area contributed by atoms with Crippen molar-refractivity contribution in [2.24, 2.45) is 0 Å². The van der Waals surface area contributed by atoms with Crippen LogP contribution in [0.25, 0.3) is 11.4 Å². The topological polar surface area (TPSA) is 106 Å². The molecule has 0 saturated heterocycles. The number of thioether (sulfide) groups is 1. The lowest BCUT2D eigenvalue weighted by molar-refractivity contribution is -0.115. The van der Waals surface area contributed by atoms with Crippen molar-refractivity contribution in [3.63, 3.8) is 0 Å². The Morgan fingerprint density at radius 2 is 2.27 bits per heavy atom. The molecule has 1 amide bonds. The molecule has 0 fully saturated rings. The standard InChI is InChI=1S/C16H16ClN5O3S/c1-9-7-13(22-25-9)18-14(23)5-6-26-16-19-15(20-21-16)11-8-10(17)3-4-12(11)24-2/h3-4,7-8H,5-6H2,1-2H3,(H,18,22,23)(H,19,20,21). The van der Waals surface area contributed by atoms with Crippen LogP contribution < -0.4 is 10.1 Å². The summed E-state index contributed by atoms with van der Waals surface area (Å²) in [7, 11) is 1.58. The highest BCUT2D eigenvalue weighted by Gasteiger charge is 2.13. The molecule has 0 atom stereocenters. The molecule has 2 aromatic heterocycles. The maximum absolute atomic E-state index is 11.9. The van der Waals surface area contributed by atoms with Gasteiger partial charge in [0.1, 0.15) is 11.5 Å². The highest BCUT2D eigenvalue weighted by Crippen LogP contribution is 2.31. The third kappa shape index (κ3) is 4.55. The van der Waals surface area contributed by atoms with Gasteiger partial charge < -0.3 is 14.6 Å². The van der Waals surface area contributed by atoms with E-state index in [9.17, 15) is 4.79 Å². The van der Waals surface area contributed by atoms with E-state index >= 15 is 0 Å². The lowest BCUT2D eigenvalue weighted by Crippen LogP contribution is -2.12. The average Bonchev–Trinajstić information content (AvgIpc) is 3.24. The summed E-state index contributed by atoms with van der Waals surface area (Å²) in [4.78, 5) is 16.3. The number of halogens is 1. The van der Waals surface area contributed by atoms with Crippen molar-refractivity contribution >= 4 is 35.1 Å². The maximum atomic E-state index is 11.9. The van der Waals surface area contributed by atoms with E-state index in [1.807, 2.05) is 0 Å². The molecule has 3 rings (SSSR count). The molecule has 26 heavy (non-hydrogen) atoms. The smallest absolute Gasteiger partial charge is 0.226 e. The summed E-state index contributed by atoms with van der Waals surface area (Å²) in [5.74, 6) is 2.61. The molecule has 0 spiro atoms. The largest absolute Gasteiger partial charge is 0.496 e. The predicted octanol–water partition coefficient (Wildman–Crippen LogP) is 3.55. The first-order valence-electron chi connectivity index (χ1n) is 7.67. The van der Waals surface area contributed by atoms with E-state index < -0.39 is 0 Å². The molecule has 3 aromatic rings. The number of anilines is 1. The summed E-state index contributed by atoms with van der Waals surface area (Å²) in [5.41, 5.74) is 0.721. The summed E-state index contributed by atoms with van der Waals surface area (Å²) in [6.07, 6.45) is 0.293. The summed E-state index contributed by atoms with van der Waals surface area (Å²) in [5, 5.41) is 14.5. The van der Waals surface area contributed by atoms with Gasteiger partial charge in [-0.15, -0.1) is 5.10 Å². The van der Waals surface area contributed by atoms with Gasteiger partial charge in [0.25, 0.3) is 0 Å². The number of aryl methyl sites for hydroxylation is 1. The van der Waals surface area contributed by atoms with Crippen molar-refractivity contribution in [1.82, 2.24) is 20.3 Å². The maximum Gasteiger partial charge on any atom is 0.226 e. The number of hydrogen-bond donors (Lipinski definition) is 2. The fourth-order valence-corrected chi connectivity index (χ4v) is 3.07. The molecular weight excluding hydrogens is 378 g/mol. The number of carbonyl (C=O) groups excluding carboxylic acids is 1. The minimum Gasteiger partial charge on any atom is -0.496 e. The minimum atomic E-state index is -0.155. The number of H-pyrrole nitrogens is 1. The Hall–Kier alpha value is -2.52. The zero-order valence-corrected chi connectivity index (χ0v) is 15.6. The minimum absolute atomic E-state index is 0.155. The number of ether oxygens (including phenoxy) is 1. The van der Waals surface area contributed by atoms with Crippen molar-refractivity contribution in [2.45, 2.75) is 18.5 Å². The highest BCUT2D eigenvalue weighted by atomic mass is 35.5. The predicted molar refractivity (Wildman–Crippen MR) is 98.6 cm³/mol. The van der Waals surface area contributed by atoms with E-state index in [1.165, 1.54) is 11.8 Å². The molecular formula is C16H16ClN5O3S. The fourth-order valence-electron chi connectivity index (χ4n) is 2.16. The Bertz CT molecular complexity index is 911. The van der Waals surface area contributed by atoms with Gasteiger partial charge in [-0.2, -0.15) is 0 Å². The third-order valence-corrected chi connectivity index (χ3v) is 4.42. The Labute approximate surface area is 158 Å². The summed E-state index contributed by atoms with van der Waals surface area (Å²) in [6, 6.07) is 6.92. The molecule has 8 nitrogen and oxygen atoms in total. The molecule has 1 aromatic carbocycles. The van der Waals surface area contributed by atoms with Crippen molar-refractivity contribution in [1.29, 1.82) is 0 Å². The monoisotopic (exact) mass is 393 g/mol. The number of nitrogens with one attached hydrogen (secondary N) is 2. The van der Waals surface area contributed by atoms with E-state index in [4.69, 9.17) is 20.9 Å².